The van der Waals surface area contributed by atoms with Crippen molar-refractivity contribution >= 4 is 88.7 Å². The first-order valence-electron chi connectivity index (χ1n) is 0. The third-order valence-electron chi connectivity index (χ3n) is 0. The van der Waals surface area contributed by atoms with Crippen molar-refractivity contribution in [3.63, 3.8) is 0 Å². The predicted octanol–water partition coefficient (Wildman–Crippen LogP) is -1.50. The van der Waals surface area contributed by atoms with Crippen LogP contribution >= 0.6 is 0 Å². The molecule has 0 saturated carbocycles. The maximum absolute atomic E-state index is 0. The second kappa shape index (κ2) is 16.7. The second-order valence-corrected chi connectivity index (χ2v) is 0. The van der Waals surface area contributed by atoms with E-state index in [0.29, 0.717) is 0 Å². The van der Waals surface area contributed by atoms with E-state index >= 15 is 0 Å². The summed E-state index contributed by atoms with van der Waals surface area (Å²) in [5.74, 6) is 0. The summed E-state index contributed by atoms with van der Waals surface area (Å²) >= 11 is 0. The Hall–Kier alpha value is 3.00. The Morgan fingerprint density at radius 3 is 0.500 bits per heavy atom. The van der Waals surface area contributed by atoms with Gasteiger partial charge in [-0.25, -0.2) is 0 Å². The molecule has 0 nitrogen and oxygen atoms in total. The molecule has 0 unspecified atom stereocenters. The molecular formula is CH6Na3. The quantitative estimate of drug-likeness (QED) is 0.315. The monoisotopic (exact) mass is 87.0 g/mol. The first-order chi connectivity index (χ1) is 0. The standard InChI is InChI=1S/CH3.3Na.3H/h1H3;;;;;;. The SMILES string of the molecule is [CH3].[NaH].[NaH].[NaH]. The van der Waals surface area contributed by atoms with Crippen molar-refractivity contribution in [2.24, 2.45) is 0 Å². The zero-order valence-corrected chi connectivity index (χ0v) is 1.00. The normalized spacial score (nSPS) is 0. The van der Waals surface area contributed by atoms with Crippen LogP contribution < -0.4 is 0 Å². The fourth-order valence-corrected chi connectivity index (χ4v) is 0. The van der Waals surface area contributed by atoms with Gasteiger partial charge < -0.3 is 0 Å². The molecule has 0 aromatic carbocycles. The molecule has 0 fully saturated rings. The van der Waals surface area contributed by atoms with E-state index in [1.165, 1.54) is 0 Å². The van der Waals surface area contributed by atoms with Crippen LogP contribution in [0.1, 0.15) is 0 Å². The summed E-state index contributed by atoms with van der Waals surface area (Å²) in [6.45, 7) is 0. The fraction of sp³-hybridized carbons (Fsp3) is 0. The van der Waals surface area contributed by atoms with Gasteiger partial charge in [-0.2, -0.15) is 0 Å². The van der Waals surface area contributed by atoms with E-state index in [1.54, 1.807) is 0 Å². The minimum atomic E-state index is 0. The minimum absolute atomic E-state index is 0. The third-order valence-corrected chi connectivity index (χ3v) is 0. The number of rotatable bonds is 0. The molecule has 0 bridgehead atoms. The Morgan fingerprint density at radius 2 is 0.500 bits per heavy atom. The second-order valence-electron chi connectivity index (χ2n) is 0. The van der Waals surface area contributed by atoms with Crippen molar-refractivity contribution in [3.8, 4) is 0 Å². The fourth-order valence-electron chi connectivity index (χ4n) is 0. The molecule has 13 valence electrons. The first-order valence-corrected chi connectivity index (χ1v) is 0. The van der Waals surface area contributed by atoms with Gasteiger partial charge in [0.2, 0.25) is 0 Å². The van der Waals surface area contributed by atoms with E-state index in [1.807, 2.05) is 0 Å². The van der Waals surface area contributed by atoms with Crippen molar-refractivity contribution < 1.29 is 0 Å². The van der Waals surface area contributed by atoms with Crippen LogP contribution in [0.2, 0.25) is 0 Å². The predicted molar refractivity (Wildman–Crippen MR) is 27.9 cm³/mol. The summed E-state index contributed by atoms with van der Waals surface area (Å²) in [7, 11) is 0. The van der Waals surface area contributed by atoms with Gasteiger partial charge in [0.25, 0.3) is 0 Å². The Kier molecular flexibility index (Phi) is 117. The number of hydrogen-bond acceptors (Lipinski definition) is 0. The van der Waals surface area contributed by atoms with Gasteiger partial charge in [0, 0.05) is 0 Å². The Morgan fingerprint density at radius 1 is 0.500 bits per heavy atom. The maximum atomic E-state index is 0. The zero-order valence-electron chi connectivity index (χ0n) is 1.00. The molecule has 0 N–H and O–H groups in total. The van der Waals surface area contributed by atoms with E-state index in [2.05, 4.69) is 0 Å². The molecule has 1 radical (unpaired) electrons. The van der Waals surface area contributed by atoms with Crippen molar-refractivity contribution in [1.29, 1.82) is 0 Å². The zero-order chi connectivity index (χ0) is 0. The van der Waals surface area contributed by atoms with Crippen LogP contribution in [0.5, 0.6) is 0 Å². The van der Waals surface area contributed by atoms with Crippen LogP contribution in [0.25, 0.3) is 0 Å². The van der Waals surface area contributed by atoms with Crippen LogP contribution in [0, 0.1) is 7.43 Å². The molecule has 0 rings (SSSR count). The molecule has 3 heteroatoms. The van der Waals surface area contributed by atoms with Crippen molar-refractivity contribution in [2.75, 3.05) is 0 Å². The van der Waals surface area contributed by atoms with Gasteiger partial charge in [-0.05, 0) is 0 Å². The van der Waals surface area contributed by atoms with E-state index in [4.69, 9.17) is 0 Å². The van der Waals surface area contributed by atoms with Gasteiger partial charge in [0.05, 0.1) is 0 Å². The molecule has 4 heavy (non-hydrogen) atoms. The van der Waals surface area contributed by atoms with Gasteiger partial charge >= 0.3 is 88.7 Å². The summed E-state index contributed by atoms with van der Waals surface area (Å²) in [6, 6.07) is 0. The Labute approximate surface area is 94.0 Å². The third kappa shape index (κ3) is 8.89. The molecule has 0 saturated heterocycles. The van der Waals surface area contributed by atoms with Gasteiger partial charge in [0.1, 0.15) is 0 Å². The van der Waals surface area contributed by atoms with Crippen LogP contribution in [-0.2, 0) is 0 Å². The van der Waals surface area contributed by atoms with E-state index in [9.17, 15) is 0 Å². The Bertz CT molecular complexity index is 3.25. The van der Waals surface area contributed by atoms with E-state index in [0.717, 1.165) is 0 Å². The van der Waals surface area contributed by atoms with Gasteiger partial charge in [0.15, 0.2) is 0 Å². The van der Waals surface area contributed by atoms with Crippen LogP contribution in [0.4, 0.5) is 0 Å². The topological polar surface area (TPSA) is 0 Å². The van der Waals surface area contributed by atoms with Crippen LogP contribution in [0.3, 0.4) is 0 Å². The van der Waals surface area contributed by atoms with Gasteiger partial charge in [-0.1, -0.05) is 7.43 Å². The summed E-state index contributed by atoms with van der Waals surface area (Å²) in [5.41, 5.74) is 0. The molecule has 0 aliphatic carbocycles. The van der Waals surface area contributed by atoms with Crippen molar-refractivity contribution in [2.45, 2.75) is 0 Å². The average molecular weight is 87.0 g/mol. The molecule has 0 spiro atoms. The summed E-state index contributed by atoms with van der Waals surface area (Å²) < 4.78 is 0. The van der Waals surface area contributed by atoms with Gasteiger partial charge in [-0.3, -0.25) is 0 Å². The van der Waals surface area contributed by atoms with Crippen LogP contribution in [0.15, 0.2) is 0 Å². The first kappa shape index (κ1) is 28.0. The molecule has 0 aromatic heterocycles. The summed E-state index contributed by atoms with van der Waals surface area (Å²) in [4.78, 5) is 0. The van der Waals surface area contributed by atoms with Crippen molar-refractivity contribution in [1.82, 2.24) is 0 Å². The van der Waals surface area contributed by atoms with Crippen LogP contribution in [-0.4, -0.2) is 88.7 Å². The van der Waals surface area contributed by atoms with Gasteiger partial charge in [-0.15, -0.1) is 0 Å². The number of hydrogen-bond donors (Lipinski definition) is 0. The summed E-state index contributed by atoms with van der Waals surface area (Å²) in [6.07, 6.45) is 0. The van der Waals surface area contributed by atoms with Crippen molar-refractivity contribution in [3.05, 3.63) is 7.43 Å². The molecule has 0 heterocycles. The molecule has 0 aromatic rings. The Balaban J connectivity index is 0. The summed E-state index contributed by atoms with van der Waals surface area (Å²) in [5, 5.41) is 0. The van der Waals surface area contributed by atoms with E-state index < -0.39 is 0 Å². The molecule has 0 amide bonds. The molecule has 0 aliphatic rings. The molecule has 0 aliphatic heterocycles. The molecule has 0 atom stereocenters. The van der Waals surface area contributed by atoms with E-state index in [-0.39, 0.29) is 96.1 Å². The average Bonchev–Trinajstić information content (AvgIpc) is 0. The molecular weight excluding hydrogens is 81.0 g/mol.